The highest BCUT2D eigenvalue weighted by Crippen LogP contribution is 2.17. The molecule has 0 fully saturated rings. The summed E-state index contributed by atoms with van der Waals surface area (Å²) >= 11 is 1.05. The van der Waals surface area contributed by atoms with E-state index in [1.54, 1.807) is 0 Å². The summed E-state index contributed by atoms with van der Waals surface area (Å²) in [5, 5.41) is 14.7. The third kappa shape index (κ3) is 1.35. The molecule has 0 N–H and O–H groups in total. The fourth-order valence-corrected chi connectivity index (χ4v) is 1.45. The molecule has 13 heavy (non-hydrogen) atoms. The average molecular weight is 197 g/mol. The molecule has 0 aliphatic heterocycles. The van der Waals surface area contributed by atoms with Crippen LogP contribution in [0.15, 0.2) is 24.4 Å². The van der Waals surface area contributed by atoms with Crippen molar-refractivity contribution in [3.05, 3.63) is 35.6 Å². The zero-order chi connectivity index (χ0) is 9.26. The van der Waals surface area contributed by atoms with E-state index in [0.29, 0.717) is 4.88 Å². The van der Waals surface area contributed by atoms with Gasteiger partial charge in [-0.05, 0) is 17.6 Å². The smallest absolute Gasteiger partial charge is 0.371 e. The van der Waals surface area contributed by atoms with Gasteiger partial charge in [0.1, 0.15) is 4.88 Å². The van der Waals surface area contributed by atoms with E-state index in [4.69, 9.17) is 0 Å². The van der Waals surface area contributed by atoms with Gasteiger partial charge in [-0.25, -0.2) is 0 Å². The van der Waals surface area contributed by atoms with Crippen LogP contribution in [-0.2, 0) is 0 Å². The van der Waals surface area contributed by atoms with E-state index in [9.17, 15) is 9.60 Å². The van der Waals surface area contributed by atoms with Gasteiger partial charge in [-0.2, -0.15) is 0 Å². The Morgan fingerprint density at radius 2 is 2.31 bits per heavy atom. The lowest BCUT2D eigenvalue weighted by molar-refractivity contribution is -0.625. The largest absolute Gasteiger partial charge is 0.616 e. The highest BCUT2D eigenvalue weighted by atomic mass is 32.1. The first kappa shape index (κ1) is 8.06. The van der Waals surface area contributed by atoms with Crippen molar-refractivity contribution >= 4 is 11.5 Å². The molecule has 0 aliphatic carbocycles. The maximum Gasteiger partial charge on any atom is 0.371 e. The summed E-state index contributed by atoms with van der Waals surface area (Å²) in [4.78, 5) is 0.550. The molecule has 66 valence electrons. The van der Waals surface area contributed by atoms with Crippen LogP contribution in [0.3, 0.4) is 0 Å². The zero-order valence-corrected chi connectivity index (χ0v) is 7.16. The number of rotatable bonds is 1. The molecule has 0 saturated carbocycles. The van der Waals surface area contributed by atoms with E-state index in [2.05, 4.69) is 9.59 Å². The van der Waals surface area contributed by atoms with Crippen LogP contribution in [0.2, 0.25) is 0 Å². The van der Waals surface area contributed by atoms with Gasteiger partial charge in [0.25, 0.3) is 0 Å². The Bertz CT molecular complexity index is 418. The van der Waals surface area contributed by atoms with Gasteiger partial charge in [-0.15, -0.1) is 14.2 Å². The number of aromatic nitrogens is 3. The van der Waals surface area contributed by atoms with Crippen molar-refractivity contribution in [2.24, 2.45) is 0 Å². The molecule has 4 nitrogen and oxygen atoms in total. The third-order valence-corrected chi connectivity index (χ3v) is 2.20. The Labute approximate surface area is 77.0 Å². The molecule has 0 aliphatic rings. The molecule has 0 amide bonds. The molecule has 2 rings (SSSR count). The third-order valence-electron chi connectivity index (χ3n) is 1.51. The Hall–Kier alpha value is -1.56. The molecule has 0 bridgehead atoms. The SMILES string of the molecule is [O-][n+]1c(F)cccc1-c1cnns1. The lowest BCUT2D eigenvalue weighted by Crippen LogP contribution is -2.33. The van der Waals surface area contributed by atoms with Crippen molar-refractivity contribution in [3.63, 3.8) is 0 Å². The van der Waals surface area contributed by atoms with Crippen LogP contribution in [0.1, 0.15) is 0 Å². The van der Waals surface area contributed by atoms with Crippen molar-refractivity contribution < 1.29 is 9.12 Å². The van der Waals surface area contributed by atoms with E-state index in [0.717, 1.165) is 17.6 Å². The number of halogens is 1. The summed E-state index contributed by atoms with van der Waals surface area (Å²) in [7, 11) is 0. The van der Waals surface area contributed by atoms with Crippen LogP contribution in [-0.4, -0.2) is 9.59 Å². The number of nitrogens with zero attached hydrogens (tertiary/aromatic N) is 3. The lowest BCUT2D eigenvalue weighted by Gasteiger charge is -2.00. The summed E-state index contributed by atoms with van der Waals surface area (Å²) in [5.41, 5.74) is 0.231. The first-order valence-corrected chi connectivity index (χ1v) is 4.22. The summed E-state index contributed by atoms with van der Waals surface area (Å²) in [6, 6.07) is 4.09. The second-order valence-electron chi connectivity index (χ2n) is 2.31. The summed E-state index contributed by atoms with van der Waals surface area (Å²) in [5.74, 6) is -0.828. The standard InChI is InChI=1S/C7H4FN3OS/c8-7-3-1-2-5(11(7)12)6-4-9-10-13-6/h1-4H. The fourth-order valence-electron chi connectivity index (χ4n) is 0.931. The van der Waals surface area contributed by atoms with Crippen molar-refractivity contribution in [3.8, 4) is 10.6 Å². The summed E-state index contributed by atoms with van der Waals surface area (Å²) < 4.78 is 16.6. The average Bonchev–Trinajstić information content (AvgIpc) is 2.62. The quantitative estimate of drug-likeness (QED) is 0.389. The monoisotopic (exact) mass is 197 g/mol. The first-order chi connectivity index (χ1) is 6.29. The van der Waals surface area contributed by atoms with Crippen LogP contribution in [0.25, 0.3) is 10.6 Å². The Morgan fingerprint density at radius 3 is 3.00 bits per heavy atom. The number of hydrogen-bond donors (Lipinski definition) is 0. The van der Waals surface area contributed by atoms with E-state index in [1.807, 2.05) is 0 Å². The van der Waals surface area contributed by atoms with Gasteiger partial charge in [0, 0.05) is 12.1 Å². The minimum atomic E-state index is -0.828. The number of pyridine rings is 1. The van der Waals surface area contributed by atoms with Crippen LogP contribution < -0.4 is 4.73 Å². The highest BCUT2D eigenvalue weighted by molar-refractivity contribution is 7.09. The fraction of sp³-hybridized carbons (Fsp3) is 0. The van der Waals surface area contributed by atoms with E-state index >= 15 is 0 Å². The van der Waals surface area contributed by atoms with E-state index in [-0.39, 0.29) is 10.4 Å². The molecule has 0 saturated heterocycles. The topological polar surface area (TPSA) is 52.7 Å². The predicted octanol–water partition coefficient (Wildman–Crippen LogP) is 0.978. The van der Waals surface area contributed by atoms with Gasteiger partial charge >= 0.3 is 5.95 Å². The van der Waals surface area contributed by atoms with Crippen LogP contribution >= 0.6 is 11.5 Å². The molecule has 0 spiro atoms. The maximum absolute atomic E-state index is 12.8. The van der Waals surface area contributed by atoms with Crippen LogP contribution in [0, 0.1) is 11.2 Å². The molecule has 0 unspecified atom stereocenters. The van der Waals surface area contributed by atoms with Gasteiger partial charge in [0.15, 0.2) is 0 Å². The molecular weight excluding hydrogens is 193 g/mol. The van der Waals surface area contributed by atoms with Gasteiger partial charge in [0.05, 0.1) is 6.20 Å². The van der Waals surface area contributed by atoms with Gasteiger partial charge in [-0.3, -0.25) is 0 Å². The molecular formula is C7H4FN3OS. The Balaban J connectivity index is 2.59. The number of hydrogen-bond acceptors (Lipinski definition) is 4. The summed E-state index contributed by atoms with van der Waals surface area (Å²) in [6.45, 7) is 0. The molecule has 6 heteroatoms. The summed E-state index contributed by atoms with van der Waals surface area (Å²) in [6.07, 6.45) is 1.42. The van der Waals surface area contributed by atoms with E-state index in [1.165, 1.54) is 18.3 Å². The van der Waals surface area contributed by atoms with Crippen molar-refractivity contribution in [1.29, 1.82) is 0 Å². The highest BCUT2D eigenvalue weighted by Gasteiger charge is 2.13. The van der Waals surface area contributed by atoms with Gasteiger partial charge in [0.2, 0.25) is 5.69 Å². The lowest BCUT2D eigenvalue weighted by atomic mass is 10.3. The van der Waals surface area contributed by atoms with Crippen molar-refractivity contribution in [2.45, 2.75) is 0 Å². The molecule has 2 aromatic heterocycles. The molecule has 0 atom stereocenters. The van der Waals surface area contributed by atoms with Crippen LogP contribution in [0.4, 0.5) is 4.39 Å². The Kier molecular flexibility index (Phi) is 1.90. The van der Waals surface area contributed by atoms with Crippen LogP contribution in [0.5, 0.6) is 0 Å². The molecule has 0 aromatic carbocycles. The zero-order valence-electron chi connectivity index (χ0n) is 6.35. The molecule has 2 heterocycles. The first-order valence-electron chi connectivity index (χ1n) is 3.45. The minimum Gasteiger partial charge on any atom is -0.616 e. The van der Waals surface area contributed by atoms with Crippen molar-refractivity contribution in [2.75, 3.05) is 0 Å². The minimum absolute atomic E-state index is 0.217. The maximum atomic E-state index is 12.8. The van der Waals surface area contributed by atoms with E-state index < -0.39 is 5.95 Å². The second kappa shape index (κ2) is 3.06. The second-order valence-corrected chi connectivity index (χ2v) is 3.10. The Morgan fingerprint density at radius 1 is 1.46 bits per heavy atom. The predicted molar refractivity (Wildman–Crippen MR) is 44.3 cm³/mol. The molecule has 0 radical (unpaired) electrons. The van der Waals surface area contributed by atoms with Gasteiger partial charge in [-0.1, -0.05) is 4.49 Å². The van der Waals surface area contributed by atoms with Gasteiger partial charge < -0.3 is 5.21 Å². The normalized spacial score (nSPS) is 10.2. The van der Waals surface area contributed by atoms with Crippen molar-refractivity contribution in [1.82, 2.24) is 9.59 Å². The molecule has 2 aromatic rings.